The fourth-order valence-electron chi connectivity index (χ4n) is 2.56. The minimum absolute atomic E-state index is 0.00671. The number of nitro groups is 1. The first-order chi connectivity index (χ1) is 13.7. The summed E-state index contributed by atoms with van der Waals surface area (Å²) in [4.78, 5) is 47.0. The highest BCUT2D eigenvalue weighted by Crippen LogP contribution is 2.37. The molecule has 1 heterocycles. The monoisotopic (exact) mass is 430 g/mol. The molecule has 0 bridgehead atoms. The van der Waals surface area contributed by atoms with E-state index in [0.717, 1.165) is 34.9 Å². The number of nitro benzene ring substituents is 1. The molecule has 2 aromatic carbocycles. The highest BCUT2D eigenvalue weighted by Gasteiger charge is 2.34. The van der Waals surface area contributed by atoms with Crippen LogP contribution in [0, 0.1) is 10.1 Å². The molecule has 1 saturated heterocycles. The van der Waals surface area contributed by atoms with Gasteiger partial charge in [0.15, 0.2) is 4.32 Å². The van der Waals surface area contributed by atoms with Crippen LogP contribution in [-0.4, -0.2) is 37.3 Å². The van der Waals surface area contributed by atoms with Crippen LogP contribution >= 0.6 is 24.0 Å². The second-order valence-electron chi connectivity index (χ2n) is 5.75. The standard InChI is InChI=1S/C18H10N2O7S2/c21-15-14(5-9-2-1-3-12(4-9)20(26)27)29-18(28)19(15)13-7-10(16(22)23)6-11(8-13)17(24)25/h1-8H,(H,22,23)(H,24,25)/b14-5-. The molecule has 9 nitrogen and oxygen atoms in total. The number of aromatic carboxylic acids is 2. The summed E-state index contributed by atoms with van der Waals surface area (Å²) in [6, 6.07) is 8.93. The number of thioether (sulfide) groups is 1. The number of carbonyl (C=O) groups is 3. The minimum Gasteiger partial charge on any atom is -0.478 e. The topological polar surface area (TPSA) is 138 Å². The van der Waals surface area contributed by atoms with Gasteiger partial charge < -0.3 is 10.2 Å². The van der Waals surface area contributed by atoms with Gasteiger partial charge in [0.25, 0.3) is 11.6 Å². The van der Waals surface area contributed by atoms with Gasteiger partial charge in [0.1, 0.15) is 0 Å². The van der Waals surface area contributed by atoms with E-state index in [9.17, 15) is 34.7 Å². The smallest absolute Gasteiger partial charge is 0.335 e. The Labute approximate surface area is 172 Å². The Morgan fingerprint density at radius 2 is 1.72 bits per heavy atom. The van der Waals surface area contributed by atoms with Gasteiger partial charge in [-0.3, -0.25) is 19.8 Å². The first-order valence-electron chi connectivity index (χ1n) is 7.81. The quantitative estimate of drug-likeness (QED) is 0.316. The number of anilines is 1. The van der Waals surface area contributed by atoms with E-state index in [-0.39, 0.29) is 31.7 Å². The molecule has 0 saturated carbocycles. The molecule has 0 radical (unpaired) electrons. The predicted octanol–water partition coefficient (Wildman–Crippen LogP) is 3.40. The van der Waals surface area contributed by atoms with Crippen molar-refractivity contribution in [2.45, 2.75) is 0 Å². The van der Waals surface area contributed by atoms with Crippen LogP contribution in [0.2, 0.25) is 0 Å². The number of hydrogen-bond acceptors (Lipinski definition) is 7. The van der Waals surface area contributed by atoms with Gasteiger partial charge in [-0.15, -0.1) is 0 Å². The molecule has 1 amide bonds. The summed E-state index contributed by atoms with van der Waals surface area (Å²) in [5, 5.41) is 29.3. The number of benzene rings is 2. The maximum atomic E-state index is 12.8. The Morgan fingerprint density at radius 3 is 2.28 bits per heavy atom. The van der Waals surface area contributed by atoms with Gasteiger partial charge in [-0.2, -0.15) is 0 Å². The van der Waals surface area contributed by atoms with Crippen LogP contribution in [0.3, 0.4) is 0 Å². The summed E-state index contributed by atoms with van der Waals surface area (Å²) in [6.07, 6.45) is 1.42. The largest absolute Gasteiger partial charge is 0.478 e. The lowest BCUT2D eigenvalue weighted by Crippen LogP contribution is -2.28. The van der Waals surface area contributed by atoms with Crippen LogP contribution in [-0.2, 0) is 4.79 Å². The average Bonchev–Trinajstić information content (AvgIpc) is 2.94. The van der Waals surface area contributed by atoms with Crippen molar-refractivity contribution in [3.8, 4) is 0 Å². The highest BCUT2D eigenvalue weighted by atomic mass is 32.2. The SMILES string of the molecule is O=C(O)c1cc(C(=O)O)cc(N2C(=O)/C(=C/c3cccc([N+](=O)[O-])c3)SC2=S)c1. The minimum atomic E-state index is -1.35. The number of non-ortho nitro benzene ring substituents is 1. The summed E-state index contributed by atoms with van der Waals surface area (Å²) in [5.41, 5.74) is -0.347. The number of nitrogens with zero attached hydrogens (tertiary/aromatic N) is 2. The normalized spacial score (nSPS) is 15.0. The molecule has 0 aromatic heterocycles. The molecular formula is C18H10N2O7S2. The highest BCUT2D eigenvalue weighted by molar-refractivity contribution is 8.27. The van der Waals surface area contributed by atoms with Crippen molar-refractivity contribution in [1.29, 1.82) is 0 Å². The first kappa shape index (κ1) is 20.2. The van der Waals surface area contributed by atoms with Crippen LogP contribution < -0.4 is 4.90 Å². The van der Waals surface area contributed by atoms with E-state index in [1.165, 1.54) is 24.3 Å². The van der Waals surface area contributed by atoms with Crippen LogP contribution in [0.1, 0.15) is 26.3 Å². The molecule has 3 rings (SSSR count). The molecule has 146 valence electrons. The lowest BCUT2D eigenvalue weighted by molar-refractivity contribution is -0.384. The molecule has 1 aliphatic heterocycles. The van der Waals surface area contributed by atoms with Crippen molar-refractivity contribution in [1.82, 2.24) is 0 Å². The summed E-state index contributed by atoms with van der Waals surface area (Å²) in [7, 11) is 0. The van der Waals surface area contributed by atoms with E-state index in [2.05, 4.69) is 0 Å². The number of carbonyl (C=O) groups excluding carboxylic acids is 1. The average molecular weight is 430 g/mol. The fourth-order valence-corrected chi connectivity index (χ4v) is 3.86. The maximum Gasteiger partial charge on any atom is 0.335 e. The number of carboxylic acid groups (broad SMARTS) is 2. The van der Waals surface area contributed by atoms with Crippen molar-refractivity contribution >= 4 is 63.6 Å². The summed E-state index contributed by atoms with van der Waals surface area (Å²) >= 11 is 6.12. The molecule has 0 unspecified atom stereocenters. The van der Waals surface area contributed by atoms with Crippen LogP contribution in [0.4, 0.5) is 11.4 Å². The van der Waals surface area contributed by atoms with Crippen molar-refractivity contribution in [3.05, 3.63) is 74.2 Å². The molecule has 1 aliphatic rings. The van der Waals surface area contributed by atoms with E-state index in [4.69, 9.17) is 12.2 Å². The van der Waals surface area contributed by atoms with Gasteiger partial charge in [-0.25, -0.2) is 9.59 Å². The van der Waals surface area contributed by atoms with E-state index >= 15 is 0 Å². The number of carboxylic acids is 2. The van der Waals surface area contributed by atoms with Gasteiger partial charge in [0, 0.05) is 12.1 Å². The van der Waals surface area contributed by atoms with E-state index < -0.39 is 22.8 Å². The number of thiocarbonyl (C=S) groups is 1. The van der Waals surface area contributed by atoms with Crippen molar-refractivity contribution in [2.75, 3.05) is 4.90 Å². The fraction of sp³-hybridized carbons (Fsp3) is 0. The van der Waals surface area contributed by atoms with Crippen molar-refractivity contribution in [3.63, 3.8) is 0 Å². The second-order valence-corrected chi connectivity index (χ2v) is 7.42. The molecule has 0 atom stereocenters. The lowest BCUT2D eigenvalue weighted by atomic mass is 10.1. The Balaban J connectivity index is 2.01. The van der Waals surface area contributed by atoms with Crippen LogP contribution in [0.5, 0.6) is 0 Å². The molecule has 0 spiro atoms. The second kappa shape index (κ2) is 7.81. The van der Waals surface area contributed by atoms with Crippen LogP contribution in [0.25, 0.3) is 6.08 Å². The molecule has 2 N–H and O–H groups in total. The number of rotatable bonds is 5. The third kappa shape index (κ3) is 4.15. The van der Waals surface area contributed by atoms with Gasteiger partial charge in [0.2, 0.25) is 0 Å². The number of amides is 1. The third-order valence-corrected chi connectivity index (χ3v) is 5.14. The molecule has 0 aliphatic carbocycles. The van der Waals surface area contributed by atoms with Gasteiger partial charge in [-0.1, -0.05) is 36.1 Å². The zero-order valence-electron chi connectivity index (χ0n) is 14.3. The Bertz CT molecular complexity index is 1090. The molecule has 2 aromatic rings. The zero-order valence-corrected chi connectivity index (χ0v) is 15.9. The predicted molar refractivity (Wildman–Crippen MR) is 109 cm³/mol. The molecule has 1 fully saturated rings. The molecular weight excluding hydrogens is 420 g/mol. The Morgan fingerprint density at radius 1 is 1.10 bits per heavy atom. The molecule has 11 heteroatoms. The third-order valence-electron chi connectivity index (χ3n) is 3.84. The summed E-state index contributed by atoms with van der Waals surface area (Å²) < 4.78 is 0.0746. The van der Waals surface area contributed by atoms with Gasteiger partial charge in [-0.05, 0) is 29.8 Å². The van der Waals surface area contributed by atoms with Gasteiger partial charge in [0.05, 0.1) is 26.6 Å². The first-order valence-corrected chi connectivity index (χ1v) is 9.04. The van der Waals surface area contributed by atoms with E-state index in [0.29, 0.717) is 5.56 Å². The lowest BCUT2D eigenvalue weighted by Gasteiger charge is -2.16. The van der Waals surface area contributed by atoms with E-state index in [1.807, 2.05) is 0 Å². The summed E-state index contributed by atoms with van der Waals surface area (Å²) in [6.45, 7) is 0. The van der Waals surface area contributed by atoms with Gasteiger partial charge >= 0.3 is 11.9 Å². The number of hydrogen-bond donors (Lipinski definition) is 2. The zero-order chi connectivity index (χ0) is 21.3. The Hall–Kier alpha value is -3.57. The van der Waals surface area contributed by atoms with Crippen molar-refractivity contribution in [2.24, 2.45) is 0 Å². The molecule has 29 heavy (non-hydrogen) atoms. The maximum absolute atomic E-state index is 12.8. The van der Waals surface area contributed by atoms with Crippen LogP contribution in [0.15, 0.2) is 47.4 Å². The Kier molecular flexibility index (Phi) is 5.43. The summed E-state index contributed by atoms with van der Waals surface area (Å²) in [5.74, 6) is -3.30. The van der Waals surface area contributed by atoms with E-state index in [1.54, 1.807) is 6.07 Å². The van der Waals surface area contributed by atoms with Crippen molar-refractivity contribution < 1.29 is 29.5 Å².